The van der Waals surface area contributed by atoms with Crippen molar-refractivity contribution in [1.82, 2.24) is 9.88 Å². The number of hydrogen-bond donors (Lipinski definition) is 2. The summed E-state index contributed by atoms with van der Waals surface area (Å²) in [6.07, 6.45) is 0. The number of halogens is 1. The first-order chi connectivity index (χ1) is 15.5. The summed E-state index contributed by atoms with van der Waals surface area (Å²) in [5.41, 5.74) is 5.27. The van der Waals surface area contributed by atoms with Crippen LogP contribution in [-0.4, -0.2) is 22.8 Å². The van der Waals surface area contributed by atoms with E-state index < -0.39 is 5.97 Å². The molecule has 3 aromatic carbocycles. The molecule has 6 heteroatoms. The zero-order valence-electron chi connectivity index (χ0n) is 18.1. The van der Waals surface area contributed by atoms with Gasteiger partial charge in [0, 0.05) is 41.1 Å². The average Bonchev–Trinajstić information content (AvgIpc) is 3.08. The van der Waals surface area contributed by atoms with Gasteiger partial charge in [-0.05, 0) is 42.3 Å². The number of fused-ring (bicyclic) bond motifs is 1. The Kier molecular flexibility index (Phi) is 6.63. The van der Waals surface area contributed by atoms with Crippen molar-refractivity contribution in [2.24, 2.45) is 0 Å². The molecule has 0 bridgehead atoms. The van der Waals surface area contributed by atoms with Gasteiger partial charge in [-0.15, -0.1) is 0 Å². The lowest BCUT2D eigenvalue weighted by molar-refractivity contribution is 0.0684. The summed E-state index contributed by atoms with van der Waals surface area (Å²) in [6, 6.07) is 22.0. The molecule has 4 rings (SSSR count). The summed E-state index contributed by atoms with van der Waals surface area (Å²) in [4.78, 5) is 12.4. The van der Waals surface area contributed by atoms with Gasteiger partial charge in [0.25, 0.3) is 0 Å². The van der Waals surface area contributed by atoms with Crippen LogP contribution in [0.1, 0.15) is 32.7 Å². The number of carboxylic acids is 1. The highest BCUT2D eigenvalue weighted by atomic mass is 79.9. The molecule has 5 nitrogen and oxygen atoms in total. The van der Waals surface area contributed by atoms with Gasteiger partial charge in [-0.2, -0.15) is 0 Å². The summed E-state index contributed by atoms with van der Waals surface area (Å²) in [5.74, 6) is -0.239. The van der Waals surface area contributed by atoms with Crippen molar-refractivity contribution in [3.8, 4) is 5.75 Å². The standard InChI is InChI=1S/C26H25BrN2O3/c1-17-6-8-18(9-7-17)16-29-24-13-21(32-2)10-11-22(24)23(25(29)26(30)31)15-28-14-19-4-3-5-20(27)12-19/h3-13,28H,14-16H2,1-2H3,(H,30,31). The molecule has 4 aromatic rings. The molecule has 0 atom stereocenters. The van der Waals surface area contributed by atoms with Gasteiger partial charge < -0.3 is 19.7 Å². The number of aryl methyl sites for hydroxylation is 1. The summed E-state index contributed by atoms with van der Waals surface area (Å²) >= 11 is 3.49. The van der Waals surface area contributed by atoms with E-state index in [4.69, 9.17) is 4.74 Å². The Labute approximate surface area is 195 Å². The molecule has 0 unspecified atom stereocenters. The normalized spacial score (nSPS) is 11.1. The first-order valence-corrected chi connectivity index (χ1v) is 11.2. The van der Waals surface area contributed by atoms with Gasteiger partial charge >= 0.3 is 5.97 Å². The lowest BCUT2D eigenvalue weighted by atomic mass is 10.1. The summed E-state index contributed by atoms with van der Waals surface area (Å²) in [7, 11) is 1.62. The number of aromatic nitrogens is 1. The van der Waals surface area contributed by atoms with Gasteiger partial charge in [-0.25, -0.2) is 4.79 Å². The molecule has 0 amide bonds. The molecule has 0 fully saturated rings. The Morgan fingerprint density at radius 2 is 1.81 bits per heavy atom. The largest absolute Gasteiger partial charge is 0.497 e. The first kappa shape index (κ1) is 22.1. The van der Waals surface area contributed by atoms with Crippen LogP contribution in [0.25, 0.3) is 10.9 Å². The van der Waals surface area contributed by atoms with Crippen molar-refractivity contribution in [2.45, 2.75) is 26.6 Å². The molecule has 32 heavy (non-hydrogen) atoms. The molecule has 2 N–H and O–H groups in total. The zero-order chi connectivity index (χ0) is 22.7. The number of carbonyl (C=O) groups is 1. The molecular weight excluding hydrogens is 468 g/mol. The number of hydrogen-bond acceptors (Lipinski definition) is 3. The molecule has 0 saturated heterocycles. The monoisotopic (exact) mass is 492 g/mol. The Bertz CT molecular complexity index is 1260. The number of methoxy groups -OCH3 is 1. The van der Waals surface area contributed by atoms with Gasteiger partial charge in [0.2, 0.25) is 0 Å². The van der Waals surface area contributed by atoms with E-state index in [1.165, 1.54) is 5.56 Å². The maximum atomic E-state index is 12.4. The molecular formula is C26H25BrN2O3. The van der Waals surface area contributed by atoms with Crippen molar-refractivity contribution >= 4 is 32.8 Å². The van der Waals surface area contributed by atoms with E-state index in [9.17, 15) is 9.90 Å². The number of ether oxygens (including phenoxy) is 1. The maximum absolute atomic E-state index is 12.4. The Balaban J connectivity index is 1.74. The molecule has 1 aromatic heterocycles. The van der Waals surface area contributed by atoms with Crippen LogP contribution in [0.3, 0.4) is 0 Å². The highest BCUT2D eigenvalue weighted by molar-refractivity contribution is 9.10. The SMILES string of the molecule is COc1ccc2c(CNCc3cccc(Br)c3)c(C(=O)O)n(Cc3ccc(C)cc3)c2c1. The van der Waals surface area contributed by atoms with Gasteiger partial charge in [-0.1, -0.05) is 57.9 Å². The number of aromatic carboxylic acids is 1. The third-order valence-corrected chi connectivity index (χ3v) is 6.05. The van der Waals surface area contributed by atoms with Crippen molar-refractivity contribution in [3.63, 3.8) is 0 Å². The van der Waals surface area contributed by atoms with Crippen molar-refractivity contribution in [1.29, 1.82) is 0 Å². The van der Waals surface area contributed by atoms with Crippen LogP contribution in [0.15, 0.2) is 71.2 Å². The Morgan fingerprint density at radius 1 is 1.03 bits per heavy atom. The Hall–Kier alpha value is -3.09. The minimum atomic E-state index is -0.938. The number of carboxylic acid groups (broad SMARTS) is 1. The summed E-state index contributed by atoms with van der Waals surface area (Å²) in [5, 5.41) is 14.5. The average molecular weight is 493 g/mol. The predicted octanol–water partition coefficient (Wildman–Crippen LogP) is 5.76. The first-order valence-electron chi connectivity index (χ1n) is 10.4. The number of nitrogens with zero attached hydrogens (tertiary/aromatic N) is 1. The highest BCUT2D eigenvalue weighted by Crippen LogP contribution is 2.31. The van der Waals surface area contributed by atoms with E-state index in [1.54, 1.807) is 7.11 Å². The predicted molar refractivity (Wildman–Crippen MR) is 130 cm³/mol. The number of nitrogens with one attached hydrogen (secondary N) is 1. The molecule has 0 spiro atoms. The van der Waals surface area contributed by atoms with E-state index in [2.05, 4.69) is 27.3 Å². The third-order valence-electron chi connectivity index (χ3n) is 5.56. The van der Waals surface area contributed by atoms with E-state index in [0.29, 0.717) is 31.1 Å². The van der Waals surface area contributed by atoms with Crippen molar-refractivity contribution in [2.75, 3.05) is 7.11 Å². The third kappa shape index (κ3) is 4.71. The quantitative estimate of drug-likeness (QED) is 0.328. The second-order valence-electron chi connectivity index (χ2n) is 7.82. The minimum Gasteiger partial charge on any atom is -0.497 e. The van der Waals surface area contributed by atoms with Gasteiger partial charge in [0.05, 0.1) is 12.6 Å². The van der Waals surface area contributed by atoms with Gasteiger partial charge in [-0.3, -0.25) is 0 Å². The maximum Gasteiger partial charge on any atom is 0.352 e. The lowest BCUT2D eigenvalue weighted by Crippen LogP contribution is -2.17. The minimum absolute atomic E-state index is 0.301. The second-order valence-corrected chi connectivity index (χ2v) is 8.74. The van der Waals surface area contributed by atoms with Crippen LogP contribution in [-0.2, 0) is 19.6 Å². The molecule has 164 valence electrons. The van der Waals surface area contributed by atoms with E-state index in [-0.39, 0.29) is 0 Å². The van der Waals surface area contributed by atoms with Crippen LogP contribution in [0.2, 0.25) is 0 Å². The fourth-order valence-electron chi connectivity index (χ4n) is 3.97. The highest BCUT2D eigenvalue weighted by Gasteiger charge is 2.23. The zero-order valence-corrected chi connectivity index (χ0v) is 19.6. The van der Waals surface area contributed by atoms with Gasteiger partial charge in [0.15, 0.2) is 0 Å². The molecule has 0 aliphatic carbocycles. The van der Waals surface area contributed by atoms with Crippen LogP contribution >= 0.6 is 15.9 Å². The van der Waals surface area contributed by atoms with E-state index in [1.807, 2.05) is 72.2 Å². The number of rotatable bonds is 8. The fraction of sp³-hybridized carbons (Fsp3) is 0.192. The molecule has 1 heterocycles. The summed E-state index contributed by atoms with van der Waals surface area (Å²) < 4.78 is 8.32. The Morgan fingerprint density at radius 3 is 2.50 bits per heavy atom. The van der Waals surface area contributed by atoms with Crippen LogP contribution < -0.4 is 10.1 Å². The smallest absolute Gasteiger partial charge is 0.352 e. The second kappa shape index (κ2) is 9.59. The van der Waals surface area contributed by atoms with E-state index in [0.717, 1.165) is 32.1 Å². The summed E-state index contributed by atoms with van der Waals surface area (Å²) in [6.45, 7) is 3.59. The number of benzene rings is 3. The topological polar surface area (TPSA) is 63.5 Å². The molecule has 0 saturated carbocycles. The van der Waals surface area contributed by atoms with Crippen LogP contribution in [0.4, 0.5) is 0 Å². The molecule has 0 aliphatic rings. The van der Waals surface area contributed by atoms with Crippen molar-refractivity contribution in [3.05, 3.63) is 99.2 Å². The van der Waals surface area contributed by atoms with Crippen LogP contribution in [0.5, 0.6) is 5.75 Å². The van der Waals surface area contributed by atoms with E-state index >= 15 is 0 Å². The van der Waals surface area contributed by atoms with Crippen molar-refractivity contribution < 1.29 is 14.6 Å². The lowest BCUT2D eigenvalue weighted by Gasteiger charge is -2.11. The van der Waals surface area contributed by atoms with Gasteiger partial charge in [0.1, 0.15) is 11.4 Å². The van der Waals surface area contributed by atoms with Crippen LogP contribution in [0, 0.1) is 6.92 Å². The molecule has 0 aliphatic heterocycles. The fourth-order valence-corrected chi connectivity index (χ4v) is 4.42. The molecule has 0 radical (unpaired) electrons.